The van der Waals surface area contributed by atoms with Gasteiger partial charge in [0.1, 0.15) is 6.04 Å². The number of benzene rings is 4. The van der Waals surface area contributed by atoms with E-state index in [0.717, 1.165) is 36.3 Å². The van der Waals surface area contributed by atoms with E-state index in [1.54, 1.807) is 24.3 Å². The predicted molar refractivity (Wildman–Crippen MR) is 170 cm³/mol. The summed E-state index contributed by atoms with van der Waals surface area (Å²) in [7, 11) is 3.95. The number of amides is 2. The van der Waals surface area contributed by atoms with Crippen LogP contribution in [0, 0.1) is 0 Å². The molecule has 0 saturated heterocycles. The fourth-order valence-electron chi connectivity index (χ4n) is 5.10. The second-order valence-corrected chi connectivity index (χ2v) is 10.6. The third-order valence-corrected chi connectivity index (χ3v) is 7.42. The van der Waals surface area contributed by atoms with Gasteiger partial charge >= 0.3 is 6.18 Å². The van der Waals surface area contributed by atoms with Crippen molar-refractivity contribution in [1.82, 2.24) is 10.2 Å². The molecule has 0 saturated carbocycles. The van der Waals surface area contributed by atoms with Crippen molar-refractivity contribution >= 4 is 23.2 Å². The first-order chi connectivity index (χ1) is 21.1. The third kappa shape index (κ3) is 8.26. The number of nitrogens with zero attached hydrogens (tertiary/aromatic N) is 2. The molecule has 4 rings (SSSR count). The highest BCUT2D eigenvalue weighted by atomic mass is 19.4. The van der Waals surface area contributed by atoms with Crippen molar-refractivity contribution in [3.05, 3.63) is 120 Å². The van der Waals surface area contributed by atoms with Crippen LogP contribution in [0.3, 0.4) is 0 Å². The number of anilines is 2. The molecule has 0 fully saturated rings. The summed E-state index contributed by atoms with van der Waals surface area (Å²) in [4.78, 5) is 30.2. The summed E-state index contributed by atoms with van der Waals surface area (Å²) < 4.78 is 39.0. The second kappa shape index (κ2) is 14.7. The van der Waals surface area contributed by atoms with Gasteiger partial charge in [-0.2, -0.15) is 13.2 Å². The minimum atomic E-state index is -4.43. The Bertz CT molecular complexity index is 1520. The summed E-state index contributed by atoms with van der Waals surface area (Å²) >= 11 is 0. The van der Waals surface area contributed by atoms with Gasteiger partial charge in [-0.1, -0.05) is 60.7 Å². The van der Waals surface area contributed by atoms with Crippen molar-refractivity contribution in [2.75, 3.05) is 43.9 Å². The third-order valence-electron chi connectivity index (χ3n) is 7.42. The molecule has 0 bridgehead atoms. The molecule has 4 aromatic rings. The number of carbonyl (C=O) groups excluding carboxylic acids is 2. The highest BCUT2D eigenvalue weighted by Gasteiger charge is 2.30. The number of halogens is 3. The van der Waals surface area contributed by atoms with Crippen molar-refractivity contribution in [2.24, 2.45) is 0 Å². The van der Waals surface area contributed by atoms with E-state index in [-0.39, 0.29) is 17.9 Å². The van der Waals surface area contributed by atoms with Crippen LogP contribution < -0.4 is 15.5 Å². The van der Waals surface area contributed by atoms with E-state index in [1.165, 1.54) is 12.1 Å². The highest BCUT2D eigenvalue weighted by Crippen LogP contribution is 2.32. The molecule has 230 valence electrons. The van der Waals surface area contributed by atoms with Gasteiger partial charge < -0.3 is 15.5 Å². The molecule has 0 radical (unpaired) electrons. The van der Waals surface area contributed by atoms with Crippen LogP contribution in [0.25, 0.3) is 11.1 Å². The fraction of sp³-hybridized carbons (Fsp3) is 0.257. The number of carbonyl (C=O) groups is 2. The van der Waals surface area contributed by atoms with Crippen LogP contribution in [0.2, 0.25) is 0 Å². The molecule has 0 aliphatic rings. The normalized spacial score (nSPS) is 12.1. The van der Waals surface area contributed by atoms with Gasteiger partial charge in [0.2, 0.25) is 5.91 Å². The molecule has 44 heavy (non-hydrogen) atoms. The standard InChI is InChI=1S/C35H37F3N4O2/c1-4-39-34(44)32(26-11-6-5-7-12-26)42(3)24-10-23-41(2)29-21-19-28(20-22-29)40-33(43)31-14-9-8-13-30(31)25-15-17-27(18-16-25)35(36,37)38/h5-9,11-22,32H,4,10,23-24H2,1-3H3,(H,39,44)(H,40,43). The second-order valence-electron chi connectivity index (χ2n) is 10.6. The van der Waals surface area contributed by atoms with Crippen LogP contribution in [0.1, 0.15) is 40.9 Å². The first-order valence-corrected chi connectivity index (χ1v) is 14.5. The monoisotopic (exact) mass is 602 g/mol. The van der Waals surface area contributed by atoms with E-state index in [9.17, 15) is 22.8 Å². The van der Waals surface area contributed by atoms with Gasteiger partial charge in [-0.3, -0.25) is 14.5 Å². The Hall–Kier alpha value is -4.63. The number of rotatable bonds is 12. The SMILES string of the molecule is CCNC(=O)C(c1ccccc1)N(C)CCCN(C)c1ccc(NC(=O)c2ccccc2-c2ccc(C(F)(F)F)cc2)cc1. The molecule has 0 heterocycles. The summed E-state index contributed by atoms with van der Waals surface area (Å²) in [6.07, 6.45) is -3.60. The Labute approximate surface area is 256 Å². The first kappa shape index (κ1) is 32.3. The van der Waals surface area contributed by atoms with E-state index in [1.807, 2.05) is 75.6 Å². The zero-order valence-electron chi connectivity index (χ0n) is 25.1. The Morgan fingerprint density at radius 2 is 1.43 bits per heavy atom. The largest absolute Gasteiger partial charge is 0.416 e. The van der Waals surface area contributed by atoms with Gasteiger partial charge in [-0.05, 0) is 79.5 Å². The summed E-state index contributed by atoms with van der Waals surface area (Å²) in [5, 5.41) is 5.83. The number of hydrogen-bond donors (Lipinski definition) is 2. The van der Waals surface area contributed by atoms with E-state index < -0.39 is 11.7 Å². The average molecular weight is 603 g/mol. The van der Waals surface area contributed by atoms with Crippen LogP contribution in [-0.2, 0) is 11.0 Å². The van der Waals surface area contributed by atoms with Crippen LogP contribution in [0.4, 0.5) is 24.5 Å². The smallest absolute Gasteiger partial charge is 0.375 e. The topological polar surface area (TPSA) is 64.7 Å². The average Bonchev–Trinajstić information content (AvgIpc) is 3.02. The quantitative estimate of drug-likeness (QED) is 0.179. The number of alkyl halides is 3. The van der Waals surface area contributed by atoms with Crippen LogP contribution in [0.15, 0.2) is 103 Å². The molecular weight excluding hydrogens is 565 g/mol. The number of nitrogens with one attached hydrogen (secondary N) is 2. The molecule has 9 heteroatoms. The predicted octanol–water partition coefficient (Wildman–Crippen LogP) is 7.26. The summed E-state index contributed by atoms with van der Waals surface area (Å²) in [5.74, 6) is -0.376. The minimum Gasteiger partial charge on any atom is -0.375 e. The van der Waals surface area contributed by atoms with Gasteiger partial charge in [0.05, 0.1) is 5.56 Å². The van der Waals surface area contributed by atoms with Gasteiger partial charge in [-0.15, -0.1) is 0 Å². The molecule has 2 N–H and O–H groups in total. The van der Waals surface area contributed by atoms with Crippen molar-refractivity contribution in [2.45, 2.75) is 25.6 Å². The Kier molecular flexibility index (Phi) is 10.8. The molecule has 0 aliphatic carbocycles. The maximum Gasteiger partial charge on any atom is 0.416 e. The lowest BCUT2D eigenvalue weighted by Crippen LogP contribution is -2.39. The zero-order chi connectivity index (χ0) is 31.7. The molecular formula is C35H37F3N4O2. The van der Waals surface area contributed by atoms with Gasteiger partial charge in [0.15, 0.2) is 0 Å². The molecule has 2 amide bonds. The van der Waals surface area contributed by atoms with Crippen molar-refractivity contribution < 1.29 is 22.8 Å². The van der Waals surface area contributed by atoms with E-state index in [2.05, 4.69) is 20.4 Å². The summed E-state index contributed by atoms with van der Waals surface area (Å²) in [6.45, 7) is 3.95. The highest BCUT2D eigenvalue weighted by molar-refractivity contribution is 6.08. The molecule has 4 aromatic carbocycles. The van der Waals surface area contributed by atoms with Gasteiger partial charge in [-0.25, -0.2) is 0 Å². The Balaban J connectivity index is 1.35. The Morgan fingerprint density at radius 1 is 0.795 bits per heavy atom. The van der Waals surface area contributed by atoms with Crippen LogP contribution >= 0.6 is 0 Å². The van der Waals surface area contributed by atoms with Gasteiger partial charge in [0, 0.05) is 43.6 Å². The lowest BCUT2D eigenvalue weighted by atomic mass is 9.98. The zero-order valence-corrected chi connectivity index (χ0v) is 25.1. The number of hydrogen-bond acceptors (Lipinski definition) is 4. The molecule has 6 nitrogen and oxygen atoms in total. The molecule has 1 atom stereocenters. The van der Waals surface area contributed by atoms with Crippen molar-refractivity contribution in [3.63, 3.8) is 0 Å². The first-order valence-electron chi connectivity index (χ1n) is 14.5. The van der Waals surface area contributed by atoms with Crippen molar-refractivity contribution in [1.29, 1.82) is 0 Å². The van der Waals surface area contributed by atoms with Crippen LogP contribution in [0.5, 0.6) is 0 Å². The summed E-state index contributed by atoms with van der Waals surface area (Å²) in [6, 6.07) is 28.5. The van der Waals surface area contributed by atoms with Crippen molar-refractivity contribution in [3.8, 4) is 11.1 Å². The maximum atomic E-state index is 13.2. The Morgan fingerprint density at radius 3 is 2.07 bits per heavy atom. The molecule has 1 unspecified atom stereocenters. The minimum absolute atomic E-state index is 0.0193. The maximum absolute atomic E-state index is 13.2. The molecule has 0 aliphatic heterocycles. The summed E-state index contributed by atoms with van der Waals surface area (Å²) in [5.41, 5.74) is 3.21. The van der Waals surface area contributed by atoms with E-state index in [0.29, 0.717) is 35.5 Å². The van der Waals surface area contributed by atoms with Crippen LogP contribution in [-0.4, -0.2) is 50.4 Å². The lowest BCUT2D eigenvalue weighted by Gasteiger charge is -2.28. The number of likely N-dealkylation sites (N-methyl/N-ethyl adjacent to an activating group) is 2. The van der Waals surface area contributed by atoms with E-state index >= 15 is 0 Å². The van der Waals surface area contributed by atoms with E-state index in [4.69, 9.17) is 0 Å². The lowest BCUT2D eigenvalue weighted by molar-refractivity contribution is -0.137. The van der Waals surface area contributed by atoms with Gasteiger partial charge in [0.25, 0.3) is 5.91 Å². The molecule has 0 aromatic heterocycles. The molecule has 0 spiro atoms. The fourth-order valence-corrected chi connectivity index (χ4v) is 5.10.